The van der Waals surface area contributed by atoms with Crippen LogP contribution in [0.5, 0.6) is 11.5 Å². The van der Waals surface area contributed by atoms with E-state index < -0.39 is 5.91 Å². The Bertz CT molecular complexity index is 899. The third-order valence-corrected chi connectivity index (χ3v) is 4.55. The van der Waals surface area contributed by atoms with E-state index in [1.54, 1.807) is 26.4 Å². The van der Waals surface area contributed by atoms with Crippen molar-refractivity contribution in [2.75, 3.05) is 20.8 Å². The van der Waals surface area contributed by atoms with E-state index in [9.17, 15) is 10.1 Å². The fourth-order valence-electron chi connectivity index (χ4n) is 2.77. The van der Waals surface area contributed by atoms with Gasteiger partial charge in [0, 0.05) is 12.7 Å². The standard InChI is InChI=1S/C23H27N3O3/c1-16-5-7-18(8-6-16)11-12-25-15-20(14-24)23(27)26-17(2)19-9-10-21(28-3)22(13-19)29-4/h5-10,13,15,17,25H,11-12H2,1-4H3,(H,26,27)/b20-15-. The average Bonchev–Trinajstić information content (AvgIpc) is 2.74. The highest BCUT2D eigenvalue weighted by Gasteiger charge is 2.15. The van der Waals surface area contributed by atoms with Crippen LogP contribution >= 0.6 is 0 Å². The summed E-state index contributed by atoms with van der Waals surface area (Å²) in [6.45, 7) is 4.53. The summed E-state index contributed by atoms with van der Waals surface area (Å²) in [7, 11) is 3.13. The Morgan fingerprint density at radius 1 is 1.14 bits per heavy atom. The minimum Gasteiger partial charge on any atom is -0.493 e. The normalized spacial score (nSPS) is 11.9. The topological polar surface area (TPSA) is 83.4 Å². The first kappa shape index (κ1) is 21.8. The summed E-state index contributed by atoms with van der Waals surface area (Å²) in [5, 5.41) is 15.2. The van der Waals surface area contributed by atoms with E-state index in [-0.39, 0.29) is 11.6 Å². The van der Waals surface area contributed by atoms with E-state index in [0.29, 0.717) is 18.0 Å². The molecule has 2 N–H and O–H groups in total. The van der Waals surface area contributed by atoms with Crippen molar-refractivity contribution in [2.45, 2.75) is 26.3 Å². The second-order valence-corrected chi connectivity index (χ2v) is 6.67. The molecule has 0 fully saturated rings. The van der Waals surface area contributed by atoms with Crippen molar-refractivity contribution in [3.8, 4) is 17.6 Å². The number of aryl methyl sites for hydroxylation is 1. The van der Waals surface area contributed by atoms with Gasteiger partial charge >= 0.3 is 0 Å². The molecule has 0 spiro atoms. The molecular formula is C23H27N3O3. The lowest BCUT2D eigenvalue weighted by molar-refractivity contribution is -0.117. The number of ether oxygens (including phenoxy) is 2. The number of carbonyl (C=O) groups excluding carboxylic acids is 1. The van der Waals surface area contributed by atoms with Gasteiger partial charge in [-0.1, -0.05) is 35.9 Å². The van der Waals surface area contributed by atoms with Crippen LogP contribution in [-0.4, -0.2) is 26.7 Å². The van der Waals surface area contributed by atoms with Gasteiger partial charge in [-0.05, 0) is 43.5 Å². The maximum absolute atomic E-state index is 12.4. The maximum Gasteiger partial charge on any atom is 0.263 e. The minimum atomic E-state index is -0.433. The van der Waals surface area contributed by atoms with Gasteiger partial charge in [-0.15, -0.1) is 0 Å². The molecule has 0 aliphatic carbocycles. The first-order valence-corrected chi connectivity index (χ1v) is 9.40. The van der Waals surface area contributed by atoms with Crippen LogP contribution in [0, 0.1) is 18.3 Å². The molecule has 6 nitrogen and oxygen atoms in total. The van der Waals surface area contributed by atoms with Gasteiger partial charge < -0.3 is 20.1 Å². The Balaban J connectivity index is 1.93. The molecule has 0 aliphatic heterocycles. The molecule has 0 saturated heterocycles. The van der Waals surface area contributed by atoms with Crippen LogP contribution in [0.25, 0.3) is 0 Å². The number of benzene rings is 2. The number of methoxy groups -OCH3 is 2. The molecule has 2 aromatic carbocycles. The number of hydrogen-bond acceptors (Lipinski definition) is 5. The molecule has 0 saturated carbocycles. The van der Waals surface area contributed by atoms with Gasteiger partial charge in [0.2, 0.25) is 0 Å². The van der Waals surface area contributed by atoms with Crippen LogP contribution in [0.2, 0.25) is 0 Å². The van der Waals surface area contributed by atoms with Crippen LogP contribution in [0.4, 0.5) is 0 Å². The molecule has 2 rings (SSSR count). The fraction of sp³-hybridized carbons (Fsp3) is 0.304. The highest BCUT2D eigenvalue weighted by atomic mass is 16.5. The summed E-state index contributed by atoms with van der Waals surface area (Å²) in [6, 6.07) is 15.4. The van der Waals surface area contributed by atoms with Crippen molar-refractivity contribution < 1.29 is 14.3 Å². The molecule has 0 aromatic heterocycles. The maximum atomic E-state index is 12.4. The molecule has 0 bridgehead atoms. The number of carbonyl (C=O) groups is 1. The van der Waals surface area contributed by atoms with Gasteiger partial charge in [0.1, 0.15) is 11.6 Å². The third kappa shape index (κ3) is 6.28. The molecule has 152 valence electrons. The molecule has 29 heavy (non-hydrogen) atoms. The van der Waals surface area contributed by atoms with Crippen molar-refractivity contribution in [1.29, 1.82) is 5.26 Å². The zero-order valence-electron chi connectivity index (χ0n) is 17.3. The average molecular weight is 393 g/mol. The van der Waals surface area contributed by atoms with E-state index in [0.717, 1.165) is 12.0 Å². The van der Waals surface area contributed by atoms with E-state index in [1.807, 2.05) is 26.0 Å². The van der Waals surface area contributed by atoms with Crippen molar-refractivity contribution >= 4 is 5.91 Å². The fourth-order valence-corrected chi connectivity index (χ4v) is 2.77. The molecule has 1 atom stereocenters. The predicted octanol–water partition coefficient (Wildman–Crippen LogP) is 3.43. The van der Waals surface area contributed by atoms with Crippen molar-refractivity contribution in [2.24, 2.45) is 0 Å². The molecule has 1 unspecified atom stereocenters. The first-order valence-electron chi connectivity index (χ1n) is 9.40. The summed E-state index contributed by atoms with van der Waals surface area (Å²) in [5.74, 6) is 0.766. The summed E-state index contributed by atoms with van der Waals surface area (Å²) in [4.78, 5) is 12.4. The first-order chi connectivity index (χ1) is 14.0. The highest BCUT2D eigenvalue weighted by molar-refractivity contribution is 5.97. The second kappa shape index (κ2) is 10.8. The van der Waals surface area contributed by atoms with Crippen molar-refractivity contribution in [3.63, 3.8) is 0 Å². The van der Waals surface area contributed by atoms with Crippen molar-refractivity contribution in [1.82, 2.24) is 10.6 Å². The summed E-state index contributed by atoms with van der Waals surface area (Å²) in [6.07, 6.45) is 2.27. The van der Waals surface area contributed by atoms with E-state index in [4.69, 9.17) is 9.47 Å². The van der Waals surface area contributed by atoms with Crippen LogP contribution in [0.1, 0.15) is 29.7 Å². The number of nitrogens with one attached hydrogen (secondary N) is 2. The molecular weight excluding hydrogens is 366 g/mol. The Labute approximate surface area is 172 Å². The Morgan fingerprint density at radius 2 is 1.83 bits per heavy atom. The summed E-state index contributed by atoms with van der Waals surface area (Å²) in [5.41, 5.74) is 3.29. The van der Waals surface area contributed by atoms with Crippen LogP contribution in [-0.2, 0) is 11.2 Å². The Kier molecular flexibility index (Phi) is 8.11. The molecule has 0 aliphatic rings. The highest BCUT2D eigenvalue weighted by Crippen LogP contribution is 2.29. The van der Waals surface area contributed by atoms with Gasteiger partial charge in [0.15, 0.2) is 11.5 Å². The van der Waals surface area contributed by atoms with E-state index in [2.05, 4.69) is 34.9 Å². The largest absolute Gasteiger partial charge is 0.493 e. The van der Waals surface area contributed by atoms with Crippen molar-refractivity contribution in [3.05, 3.63) is 70.9 Å². The smallest absolute Gasteiger partial charge is 0.263 e. The van der Waals surface area contributed by atoms with Gasteiger partial charge in [-0.2, -0.15) is 5.26 Å². The number of rotatable bonds is 9. The summed E-state index contributed by atoms with van der Waals surface area (Å²) >= 11 is 0. The molecule has 6 heteroatoms. The Morgan fingerprint density at radius 3 is 2.45 bits per heavy atom. The van der Waals surface area contributed by atoms with Gasteiger partial charge in [-0.25, -0.2) is 0 Å². The SMILES string of the molecule is COc1ccc(C(C)NC(=O)/C(C#N)=C\NCCc2ccc(C)cc2)cc1OC. The van der Waals surface area contributed by atoms with Crippen LogP contribution in [0.15, 0.2) is 54.2 Å². The van der Waals surface area contributed by atoms with Gasteiger partial charge in [-0.3, -0.25) is 4.79 Å². The molecule has 0 radical (unpaired) electrons. The molecule has 0 heterocycles. The summed E-state index contributed by atoms with van der Waals surface area (Å²) < 4.78 is 10.5. The lowest BCUT2D eigenvalue weighted by atomic mass is 10.1. The second-order valence-electron chi connectivity index (χ2n) is 6.67. The van der Waals surface area contributed by atoms with Gasteiger partial charge in [0.05, 0.1) is 20.3 Å². The Hall–Kier alpha value is -3.46. The number of nitriles is 1. The number of hydrogen-bond donors (Lipinski definition) is 2. The lowest BCUT2D eigenvalue weighted by Gasteiger charge is -2.16. The quantitative estimate of drug-likeness (QED) is 0.387. The van der Waals surface area contributed by atoms with Gasteiger partial charge in [0.25, 0.3) is 5.91 Å². The van der Waals surface area contributed by atoms with Crippen LogP contribution in [0.3, 0.4) is 0 Å². The zero-order chi connectivity index (χ0) is 21.2. The van der Waals surface area contributed by atoms with Crippen LogP contribution < -0.4 is 20.1 Å². The third-order valence-electron chi connectivity index (χ3n) is 4.55. The number of amides is 1. The lowest BCUT2D eigenvalue weighted by Crippen LogP contribution is -2.28. The predicted molar refractivity (Wildman–Crippen MR) is 113 cm³/mol. The number of nitrogens with zero attached hydrogens (tertiary/aromatic N) is 1. The monoisotopic (exact) mass is 393 g/mol. The minimum absolute atomic E-state index is 0.0289. The molecule has 2 aromatic rings. The van der Waals surface area contributed by atoms with E-state index in [1.165, 1.54) is 17.3 Å². The van der Waals surface area contributed by atoms with E-state index >= 15 is 0 Å². The molecule has 1 amide bonds. The zero-order valence-corrected chi connectivity index (χ0v) is 17.3.